The van der Waals surface area contributed by atoms with E-state index in [2.05, 4.69) is 18.0 Å². The standard InChI is InChI=1S/C14H21ClN2/c1-17(9-11-4-2-3-5-11)10-12-6-7-13(15)14(16)8-12/h6-8,11H,2-5,9-10,16H2,1H3. The van der Waals surface area contributed by atoms with E-state index in [4.69, 9.17) is 17.3 Å². The highest BCUT2D eigenvalue weighted by Crippen LogP contribution is 2.26. The SMILES string of the molecule is CN(Cc1ccc(Cl)c(N)c1)CC1CCCC1. The maximum Gasteiger partial charge on any atom is 0.0635 e. The van der Waals surface area contributed by atoms with E-state index in [-0.39, 0.29) is 0 Å². The minimum Gasteiger partial charge on any atom is -0.398 e. The number of nitrogens with two attached hydrogens (primary N) is 1. The molecule has 1 fully saturated rings. The molecule has 2 nitrogen and oxygen atoms in total. The van der Waals surface area contributed by atoms with Crippen LogP contribution in [-0.2, 0) is 6.54 Å². The number of nitrogens with zero attached hydrogens (tertiary/aromatic N) is 1. The Morgan fingerprint density at radius 2 is 2.06 bits per heavy atom. The third-order valence-electron chi connectivity index (χ3n) is 3.56. The van der Waals surface area contributed by atoms with Gasteiger partial charge in [-0.2, -0.15) is 0 Å². The van der Waals surface area contributed by atoms with Gasteiger partial charge in [0.1, 0.15) is 0 Å². The van der Waals surface area contributed by atoms with Crippen molar-refractivity contribution in [1.82, 2.24) is 4.90 Å². The van der Waals surface area contributed by atoms with Crippen molar-refractivity contribution in [2.75, 3.05) is 19.3 Å². The Hall–Kier alpha value is -0.730. The van der Waals surface area contributed by atoms with E-state index in [0.717, 1.165) is 12.5 Å². The molecule has 0 spiro atoms. The highest BCUT2D eigenvalue weighted by molar-refractivity contribution is 6.33. The van der Waals surface area contributed by atoms with Gasteiger partial charge >= 0.3 is 0 Å². The molecule has 1 aliphatic rings. The van der Waals surface area contributed by atoms with Crippen LogP contribution in [-0.4, -0.2) is 18.5 Å². The molecule has 1 aromatic rings. The predicted octanol–water partition coefficient (Wildman–Crippen LogP) is 3.54. The van der Waals surface area contributed by atoms with Gasteiger partial charge in [0.25, 0.3) is 0 Å². The van der Waals surface area contributed by atoms with E-state index >= 15 is 0 Å². The Morgan fingerprint density at radius 1 is 1.35 bits per heavy atom. The Labute approximate surface area is 109 Å². The second-order valence-electron chi connectivity index (χ2n) is 5.20. The summed E-state index contributed by atoms with van der Waals surface area (Å²) < 4.78 is 0. The molecule has 2 N–H and O–H groups in total. The zero-order valence-corrected chi connectivity index (χ0v) is 11.2. The fraction of sp³-hybridized carbons (Fsp3) is 0.571. The van der Waals surface area contributed by atoms with Gasteiger partial charge in [0, 0.05) is 13.1 Å². The Kier molecular flexibility index (Phi) is 4.30. The Morgan fingerprint density at radius 3 is 2.71 bits per heavy atom. The summed E-state index contributed by atoms with van der Waals surface area (Å²) >= 11 is 5.92. The number of hydrogen-bond acceptors (Lipinski definition) is 2. The zero-order valence-electron chi connectivity index (χ0n) is 10.5. The second kappa shape index (κ2) is 5.74. The molecule has 17 heavy (non-hydrogen) atoms. The molecule has 0 aromatic heterocycles. The Bertz CT molecular complexity index is 372. The lowest BCUT2D eigenvalue weighted by Gasteiger charge is -2.21. The van der Waals surface area contributed by atoms with Crippen molar-refractivity contribution in [1.29, 1.82) is 0 Å². The van der Waals surface area contributed by atoms with E-state index in [1.807, 2.05) is 12.1 Å². The smallest absolute Gasteiger partial charge is 0.0635 e. The lowest BCUT2D eigenvalue weighted by atomic mass is 10.1. The fourth-order valence-corrected chi connectivity index (χ4v) is 2.82. The predicted molar refractivity (Wildman–Crippen MR) is 74.2 cm³/mol. The molecule has 0 saturated heterocycles. The quantitative estimate of drug-likeness (QED) is 0.831. The summed E-state index contributed by atoms with van der Waals surface area (Å²) in [7, 11) is 2.18. The van der Waals surface area contributed by atoms with Crippen molar-refractivity contribution in [3.05, 3.63) is 28.8 Å². The van der Waals surface area contributed by atoms with Crippen molar-refractivity contribution in [3.8, 4) is 0 Å². The largest absolute Gasteiger partial charge is 0.398 e. The van der Waals surface area contributed by atoms with Crippen molar-refractivity contribution in [2.45, 2.75) is 32.2 Å². The van der Waals surface area contributed by atoms with Crippen molar-refractivity contribution in [3.63, 3.8) is 0 Å². The van der Waals surface area contributed by atoms with Crippen LogP contribution in [0.4, 0.5) is 5.69 Å². The van der Waals surface area contributed by atoms with E-state index in [9.17, 15) is 0 Å². The summed E-state index contributed by atoms with van der Waals surface area (Å²) in [5.41, 5.74) is 7.73. The van der Waals surface area contributed by atoms with Crippen LogP contribution < -0.4 is 5.73 Å². The first-order chi connectivity index (χ1) is 8.15. The van der Waals surface area contributed by atoms with E-state index in [1.54, 1.807) is 0 Å². The van der Waals surface area contributed by atoms with Crippen LogP contribution in [0.25, 0.3) is 0 Å². The summed E-state index contributed by atoms with van der Waals surface area (Å²) in [4.78, 5) is 2.39. The number of halogens is 1. The van der Waals surface area contributed by atoms with Crippen LogP contribution in [0.5, 0.6) is 0 Å². The summed E-state index contributed by atoms with van der Waals surface area (Å²) in [6.07, 6.45) is 5.61. The maximum atomic E-state index is 5.92. The summed E-state index contributed by atoms with van der Waals surface area (Å²) in [5.74, 6) is 0.893. The molecule has 1 aliphatic carbocycles. The van der Waals surface area contributed by atoms with Gasteiger partial charge in [-0.25, -0.2) is 0 Å². The van der Waals surface area contributed by atoms with Gasteiger partial charge in [-0.1, -0.05) is 30.5 Å². The summed E-state index contributed by atoms with van der Waals surface area (Å²) in [6, 6.07) is 5.92. The fourth-order valence-electron chi connectivity index (χ4n) is 2.70. The average molecular weight is 253 g/mol. The normalized spacial score (nSPS) is 16.9. The van der Waals surface area contributed by atoms with Crippen LogP contribution in [0.1, 0.15) is 31.2 Å². The first-order valence-corrected chi connectivity index (χ1v) is 6.75. The van der Waals surface area contributed by atoms with E-state index < -0.39 is 0 Å². The van der Waals surface area contributed by atoms with Crippen LogP contribution in [0.15, 0.2) is 18.2 Å². The molecule has 0 unspecified atom stereocenters. The number of rotatable bonds is 4. The van der Waals surface area contributed by atoms with Gasteiger partial charge in [-0.3, -0.25) is 0 Å². The van der Waals surface area contributed by atoms with Crippen molar-refractivity contribution >= 4 is 17.3 Å². The van der Waals surface area contributed by atoms with Crippen LogP contribution in [0.3, 0.4) is 0 Å². The number of nitrogen functional groups attached to an aromatic ring is 1. The van der Waals surface area contributed by atoms with Crippen molar-refractivity contribution in [2.24, 2.45) is 5.92 Å². The van der Waals surface area contributed by atoms with Crippen molar-refractivity contribution < 1.29 is 0 Å². The molecule has 3 heteroatoms. The second-order valence-corrected chi connectivity index (χ2v) is 5.61. The highest BCUT2D eigenvalue weighted by Gasteiger charge is 2.16. The third kappa shape index (κ3) is 3.62. The lowest BCUT2D eigenvalue weighted by molar-refractivity contribution is 0.271. The van der Waals surface area contributed by atoms with Gasteiger partial charge in [0.15, 0.2) is 0 Å². The van der Waals surface area contributed by atoms with E-state index in [0.29, 0.717) is 10.7 Å². The minimum atomic E-state index is 0.646. The summed E-state index contributed by atoms with van der Waals surface area (Å²) in [5, 5.41) is 0.646. The lowest BCUT2D eigenvalue weighted by Crippen LogP contribution is -2.24. The molecule has 0 amide bonds. The maximum absolute atomic E-state index is 5.92. The third-order valence-corrected chi connectivity index (χ3v) is 3.90. The van der Waals surface area contributed by atoms with E-state index in [1.165, 1.54) is 37.8 Å². The molecule has 0 heterocycles. The minimum absolute atomic E-state index is 0.646. The Balaban J connectivity index is 1.88. The molecule has 0 atom stereocenters. The molecular formula is C14H21ClN2. The van der Waals surface area contributed by atoms with Crippen LogP contribution in [0.2, 0.25) is 5.02 Å². The number of benzene rings is 1. The average Bonchev–Trinajstić information content (AvgIpc) is 2.76. The highest BCUT2D eigenvalue weighted by atomic mass is 35.5. The van der Waals surface area contributed by atoms with Gasteiger partial charge in [-0.15, -0.1) is 0 Å². The van der Waals surface area contributed by atoms with Crippen LogP contribution >= 0.6 is 11.6 Å². The molecule has 0 aliphatic heterocycles. The molecule has 94 valence electrons. The number of hydrogen-bond donors (Lipinski definition) is 1. The van der Waals surface area contributed by atoms with Crippen LogP contribution in [0, 0.1) is 5.92 Å². The molecule has 2 rings (SSSR count). The van der Waals surface area contributed by atoms with Gasteiger partial charge in [-0.05, 0) is 43.5 Å². The molecular weight excluding hydrogens is 232 g/mol. The monoisotopic (exact) mass is 252 g/mol. The van der Waals surface area contributed by atoms with Gasteiger partial charge < -0.3 is 10.6 Å². The topological polar surface area (TPSA) is 29.3 Å². The summed E-state index contributed by atoms with van der Waals surface area (Å²) in [6.45, 7) is 2.15. The van der Waals surface area contributed by atoms with Gasteiger partial charge in [0.2, 0.25) is 0 Å². The zero-order chi connectivity index (χ0) is 12.3. The first kappa shape index (κ1) is 12.7. The molecule has 0 radical (unpaired) electrons. The molecule has 1 saturated carbocycles. The first-order valence-electron chi connectivity index (χ1n) is 6.37. The van der Waals surface area contributed by atoms with Gasteiger partial charge in [0.05, 0.1) is 10.7 Å². The molecule has 0 bridgehead atoms. The molecule has 1 aromatic carbocycles. The number of anilines is 1.